The molecule has 2 aromatic heterocycles. The molecule has 0 spiro atoms. The fourth-order valence-corrected chi connectivity index (χ4v) is 1.83. The molecule has 0 radical (unpaired) electrons. The molecular weight excluding hydrogens is 212 g/mol. The first kappa shape index (κ1) is 9.62. The van der Waals surface area contributed by atoms with Crippen LogP contribution in [0.1, 0.15) is 5.69 Å². The highest BCUT2D eigenvalue weighted by Crippen LogP contribution is 2.19. The second kappa shape index (κ2) is 4.07. The van der Waals surface area contributed by atoms with E-state index in [2.05, 4.69) is 26.5 Å². The molecule has 74 valence electrons. The van der Waals surface area contributed by atoms with E-state index in [4.69, 9.17) is 0 Å². The van der Waals surface area contributed by atoms with Gasteiger partial charge in [0, 0.05) is 5.92 Å². The van der Waals surface area contributed by atoms with Crippen molar-refractivity contribution in [2.24, 2.45) is 0 Å². The molecule has 0 aliphatic rings. The van der Waals surface area contributed by atoms with E-state index in [0.29, 0.717) is 5.69 Å². The second-order valence-corrected chi connectivity index (χ2v) is 3.51. The minimum Gasteiger partial charge on any atom is -0.459 e. The molecule has 2 aromatic rings. The third kappa shape index (κ3) is 1.95. The van der Waals surface area contributed by atoms with Crippen LogP contribution in [0, 0.1) is 11.8 Å². The van der Waals surface area contributed by atoms with Gasteiger partial charge in [0.15, 0.2) is 0 Å². The van der Waals surface area contributed by atoms with Gasteiger partial charge in [-0.05, 0) is 17.4 Å². The predicted octanol–water partition coefficient (Wildman–Crippen LogP) is 1.22. The van der Waals surface area contributed by atoms with Gasteiger partial charge in [0.25, 0.3) is 0 Å². The van der Waals surface area contributed by atoms with Crippen LogP contribution in [0.25, 0.3) is 10.2 Å². The number of nitrogens with zero attached hydrogens (tertiary/aromatic N) is 2. The van der Waals surface area contributed by atoms with E-state index in [0.717, 1.165) is 10.2 Å². The minimum absolute atomic E-state index is 0.556. The molecule has 0 saturated carbocycles. The first-order valence-electron chi connectivity index (χ1n) is 4.09. The molecule has 0 amide bonds. The fraction of sp³-hybridized carbons (Fsp3) is 0.100. The molecule has 0 fully saturated rings. The Balaban J connectivity index is 2.46. The lowest BCUT2D eigenvalue weighted by Gasteiger charge is -1.90. The monoisotopic (exact) mass is 218 g/mol. The normalized spacial score (nSPS) is 9.40. The zero-order valence-corrected chi connectivity index (χ0v) is 8.67. The van der Waals surface area contributed by atoms with Crippen molar-refractivity contribution in [3.63, 3.8) is 0 Å². The molecule has 0 saturated heterocycles. The lowest BCUT2D eigenvalue weighted by molar-refractivity contribution is -0.133. The number of carbonyl (C=O) groups excluding carboxylic acids is 1. The summed E-state index contributed by atoms with van der Waals surface area (Å²) in [7, 11) is 1.29. The van der Waals surface area contributed by atoms with E-state index in [1.54, 1.807) is 0 Å². The van der Waals surface area contributed by atoms with Crippen molar-refractivity contribution in [1.29, 1.82) is 0 Å². The summed E-state index contributed by atoms with van der Waals surface area (Å²) in [5.74, 6) is 4.42. The van der Waals surface area contributed by atoms with Crippen LogP contribution in [-0.4, -0.2) is 23.0 Å². The Morgan fingerprint density at radius 2 is 2.40 bits per heavy atom. The summed E-state index contributed by atoms with van der Waals surface area (Å²) < 4.78 is 5.30. The molecule has 15 heavy (non-hydrogen) atoms. The van der Waals surface area contributed by atoms with Crippen LogP contribution < -0.4 is 0 Å². The zero-order chi connectivity index (χ0) is 10.7. The molecule has 0 unspecified atom stereocenters. The standard InChI is InChI=1S/C10H6N2O2S/c1-14-9(13)3-2-7-10-8(4-5-15-10)12-6-11-7/h4-6H,1H3. The Bertz CT molecular complexity index is 565. The van der Waals surface area contributed by atoms with Crippen LogP contribution >= 0.6 is 11.3 Å². The summed E-state index contributed by atoms with van der Waals surface area (Å²) >= 11 is 1.49. The quantitative estimate of drug-likeness (QED) is 0.492. The molecule has 5 heteroatoms. The number of methoxy groups -OCH3 is 1. The average Bonchev–Trinajstić information content (AvgIpc) is 2.74. The zero-order valence-electron chi connectivity index (χ0n) is 7.85. The first-order chi connectivity index (χ1) is 7.31. The van der Waals surface area contributed by atoms with Crippen molar-refractivity contribution in [3.8, 4) is 11.8 Å². The first-order valence-corrected chi connectivity index (χ1v) is 4.97. The highest BCUT2D eigenvalue weighted by Gasteiger charge is 2.01. The Morgan fingerprint density at radius 3 is 3.20 bits per heavy atom. The van der Waals surface area contributed by atoms with Crippen molar-refractivity contribution in [1.82, 2.24) is 9.97 Å². The van der Waals surface area contributed by atoms with Gasteiger partial charge in [-0.25, -0.2) is 14.8 Å². The van der Waals surface area contributed by atoms with Crippen molar-refractivity contribution in [3.05, 3.63) is 23.5 Å². The van der Waals surface area contributed by atoms with Crippen LogP contribution in [0.3, 0.4) is 0 Å². The number of hydrogen-bond acceptors (Lipinski definition) is 5. The predicted molar refractivity (Wildman–Crippen MR) is 56.3 cm³/mol. The molecule has 0 N–H and O–H groups in total. The van der Waals surface area contributed by atoms with Crippen LogP contribution in [0.5, 0.6) is 0 Å². The third-order valence-corrected chi connectivity index (χ3v) is 2.62. The van der Waals surface area contributed by atoms with Gasteiger partial charge in [-0.1, -0.05) is 0 Å². The largest absolute Gasteiger partial charge is 0.459 e. The second-order valence-electron chi connectivity index (χ2n) is 2.60. The van der Waals surface area contributed by atoms with E-state index in [1.807, 2.05) is 11.4 Å². The number of thiophene rings is 1. The number of fused-ring (bicyclic) bond motifs is 1. The SMILES string of the molecule is COC(=O)C#Cc1ncnc2ccsc12. The lowest BCUT2D eigenvalue weighted by atomic mass is 10.3. The summed E-state index contributed by atoms with van der Waals surface area (Å²) in [6.07, 6.45) is 1.43. The maximum Gasteiger partial charge on any atom is 0.384 e. The van der Waals surface area contributed by atoms with Gasteiger partial charge in [0.05, 0.1) is 17.3 Å². The summed E-state index contributed by atoms with van der Waals surface area (Å²) in [5.41, 5.74) is 1.39. The van der Waals surface area contributed by atoms with Gasteiger partial charge < -0.3 is 4.74 Å². The highest BCUT2D eigenvalue weighted by molar-refractivity contribution is 7.17. The summed E-state index contributed by atoms with van der Waals surface area (Å²) in [6, 6.07) is 1.88. The number of aromatic nitrogens is 2. The minimum atomic E-state index is -0.571. The highest BCUT2D eigenvalue weighted by atomic mass is 32.1. The summed E-state index contributed by atoms with van der Waals surface area (Å²) in [6.45, 7) is 0. The van der Waals surface area contributed by atoms with Gasteiger partial charge in [-0.3, -0.25) is 0 Å². The van der Waals surface area contributed by atoms with E-state index < -0.39 is 5.97 Å². The van der Waals surface area contributed by atoms with Gasteiger partial charge >= 0.3 is 5.97 Å². The van der Waals surface area contributed by atoms with Gasteiger partial charge in [0.1, 0.15) is 12.0 Å². The van der Waals surface area contributed by atoms with E-state index >= 15 is 0 Å². The molecule has 0 aliphatic carbocycles. The number of ether oxygens (including phenoxy) is 1. The topological polar surface area (TPSA) is 52.1 Å². The molecule has 4 nitrogen and oxygen atoms in total. The van der Waals surface area contributed by atoms with Crippen molar-refractivity contribution in [2.75, 3.05) is 7.11 Å². The number of carbonyl (C=O) groups is 1. The van der Waals surface area contributed by atoms with Crippen LogP contribution in [0.2, 0.25) is 0 Å². The van der Waals surface area contributed by atoms with Gasteiger partial charge in [0.2, 0.25) is 0 Å². The summed E-state index contributed by atoms with van der Waals surface area (Å²) in [4.78, 5) is 18.9. The van der Waals surface area contributed by atoms with Crippen LogP contribution in [0.4, 0.5) is 0 Å². The van der Waals surface area contributed by atoms with E-state index in [1.165, 1.54) is 24.8 Å². The van der Waals surface area contributed by atoms with E-state index in [9.17, 15) is 4.79 Å². The molecule has 0 bridgehead atoms. The molecule has 2 rings (SSSR count). The van der Waals surface area contributed by atoms with Crippen molar-refractivity contribution >= 4 is 27.5 Å². The number of hydrogen-bond donors (Lipinski definition) is 0. The maximum atomic E-state index is 10.8. The van der Waals surface area contributed by atoms with Gasteiger partial charge in [-0.15, -0.1) is 11.3 Å². The van der Waals surface area contributed by atoms with Crippen molar-refractivity contribution in [2.45, 2.75) is 0 Å². The Labute approximate surface area is 89.9 Å². The number of esters is 1. The average molecular weight is 218 g/mol. The Kier molecular flexibility index (Phi) is 2.61. The molecule has 0 aliphatic heterocycles. The molecule has 0 atom stereocenters. The lowest BCUT2D eigenvalue weighted by Crippen LogP contribution is -1.95. The maximum absolute atomic E-state index is 10.8. The van der Waals surface area contributed by atoms with E-state index in [-0.39, 0.29) is 0 Å². The Hall–Kier alpha value is -1.93. The molecule has 0 aromatic carbocycles. The molecule has 2 heterocycles. The van der Waals surface area contributed by atoms with Crippen LogP contribution in [0.15, 0.2) is 17.8 Å². The third-order valence-electron chi connectivity index (χ3n) is 1.71. The fourth-order valence-electron chi connectivity index (χ4n) is 1.04. The summed E-state index contributed by atoms with van der Waals surface area (Å²) in [5, 5.41) is 1.91. The van der Waals surface area contributed by atoms with Crippen LogP contribution in [-0.2, 0) is 9.53 Å². The van der Waals surface area contributed by atoms with Gasteiger partial charge in [-0.2, -0.15) is 0 Å². The molecular formula is C10H6N2O2S. The Morgan fingerprint density at radius 1 is 1.53 bits per heavy atom. The van der Waals surface area contributed by atoms with Crippen molar-refractivity contribution < 1.29 is 9.53 Å². The number of rotatable bonds is 0. The smallest absolute Gasteiger partial charge is 0.384 e.